The molecule has 2 aliphatic heterocycles. The van der Waals surface area contributed by atoms with Gasteiger partial charge in [-0.15, -0.1) is 0 Å². The molecular weight excluding hydrogens is 354 g/mol. The van der Waals surface area contributed by atoms with Gasteiger partial charge in [0, 0.05) is 26.4 Å². The van der Waals surface area contributed by atoms with Crippen molar-refractivity contribution in [2.24, 2.45) is 5.10 Å². The number of hydrazone groups is 1. The van der Waals surface area contributed by atoms with E-state index in [1.165, 1.54) is 5.01 Å². The van der Waals surface area contributed by atoms with Crippen LogP contribution in [-0.2, 0) is 26.0 Å². The Balaban J connectivity index is 1.72. The molecule has 0 spiro atoms. The molecule has 0 radical (unpaired) electrons. The Morgan fingerprint density at radius 1 is 1.27 bits per heavy atom. The van der Waals surface area contributed by atoms with Gasteiger partial charge in [0.15, 0.2) is 9.84 Å². The molecule has 140 valence electrons. The summed E-state index contributed by atoms with van der Waals surface area (Å²) < 4.78 is 23.4. The van der Waals surface area contributed by atoms with E-state index in [1.54, 1.807) is 11.9 Å². The summed E-state index contributed by atoms with van der Waals surface area (Å²) in [4.78, 5) is 26.4. The first-order valence-electron chi connectivity index (χ1n) is 8.66. The fourth-order valence-electron chi connectivity index (χ4n) is 3.24. The largest absolute Gasteiger partial charge is 0.336 e. The highest BCUT2D eigenvalue weighted by Crippen LogP contribution is 2.22. The quantitative estimate of drug-likeness (QED) is 0.787. The summed E-state index contributed by atoms with van der Waals surface area (Å²) in [5.41, 5.74) is 2.47. The lowest BCUT2D eigenvalue weighted by Crippen LogP contribution is -2.44. The smallest absolute Gasteiger partial charge is 0.270 e. The van der Waals surface area contributed by atoms with Crippen LogP contribution in [0, 0.1) is 6.92 Å². The van der Waals surface area contributed by atoms with Gasteiger partial charge in [0.2, 0.25) is 5.91 Å². The van der Waals surface area contributed by atoms with Crippen molar-refractivity contribution in [3.63, 3.8) is 0 Å². The van der Waals surface area contributed by atoms with E-state index in [1.807, 2.05) is 31.2 Å². The molecule has 3 rings (SSSR count). The zero-order chi connectivity index (χ0) is 18.9. The number of hydrogen-bond acceptors (Lipinski definition) is 5. The second-order valence-electron chi connectivity index (χ2n) is 6.99. The first-order chi connectivity index (χ1) is 12.2. The minimum Gasteiger partial charge on any atom is -0.336 e. The minimum atomic E-state index is -3.13. The molecule has 0 bridgehead atoms. The Morgan fingerprint density at radius 2 is 1.96 bits per heavy atom. The standard InChI is InChI=1S/C18H23N3O4S/c1-13-3-5-14(6-4-13)11-20(2)18(23)16-7-8-17(22)21(19-16)15-9-10-26(24,25)12-15/h3-6,15H,7-12H2,1-2H3/t15-/m0/s1. The van der Waals surface area contributed by atoms with E-state index in [2.05, 4.69) is 5.10 Å². The summed E-state index contributed by atoms with van der Waals surface area (Å²) in [6, 6.07) is 7.47. The molecule has 2 amide bonds. The Hall–Kier alpha value is -2.22. The van der Waals surface area contributed by atoms with Crippen LogP contribution in [0.5, 0.6) is 0 Å². The summed E-state index contributed by atoms with van der Waals surface area (Å²) in [6.45, 7) is 2.45. The third-order valence-corrected chi connectivity index (χ3v) is 6.50. The normalized spacial score (nSPS) is 22.2. The molecule has 0 aromatic heterocycles. The second-order valence-corrected chi connectivity index (χ2v) is 9.22. The van der Waals surface area contributed by atoms with Crippen molar-refractivity contribution >= 4 is 27.4 Å². The molecule has 1 atom stereocenters. The van der Waals surface area contributed by atoms with Crippen LogP contribution in [0.1, 0.15) is 30.4 Å². The number of benzene rings is 1. The highest BCUT2D eigenvalue weighted by molar-refractivity contribution is 7.91. The number of aryl methyl sites for hydroxylation is 1. The maximum absolute atomic E-state index is 12.7. The van der Waals surface area contributed by atoms with Gasteiger partial charge in [0.25, 0.3) is 5.91 Å². The Bertz CT molecular complexity index is 846. The maximum Gasteiger partial charge on any atom is 0.270 e. The van der Waals surface area contributed by atoms with E-state index in [0.717, 1.165) is 11.1 Å². The lowest BCUT2D eigenvalue weighted by molar-refractivity contribution is -0.134. The average Bonchev–Trinajstić information content (AvgIpc) is 2.96. The monoisotopic (exact) mass is 377 g/mol. The molecule has 8 heteroatoms. The van der Waals surface area contributed by atoms with Gasteiger partial charge in [-0.1, -0.05) is 29.8 Å². The highest BCUT2D eigenvalue weighted by Gasteiger charge is 2.37. The zero-order valence-electron chi connectivity index (χ0n) is 15.0. The van der Waals surface area contributed by atoms with Gasteiger partial charge < -0.3 is 4.90 Å². The van der Waals surface area contributed by atoms with Crippen LogP contribution < -0.4 is 0 Å². The molecule has 0 unspecified atom stereocenters. The molecule has 2 aliphatic rings. The summed E-state index contributed by atoms with van der Waals surface area (Å²) in [6.07, 6.45) is 0.837. The number of hydrogen-bond donors (Lipinski definition) is 0. The fourth-order valence-corrected chi connectivity index (χ4v) is 4.93. The van der Waals surface area contributed by atoms with E-state index in [4.69, 9.17) is 0 Å². The summed E-state index contributed by atoms with van der Waals surface area (Å²) in [7, 11) is -1.43. The minimum absolute atomic E-state index is 0.0631. The number of rotatable bonds is 4. The van der Waals surface area contributed by atoms with Gasteiger partial charge in [0.05, 0.1) is 17.5 Å². The lowest BCUT2D eigenvalue weighted by Gasteiger charge is -2.29. The number of carbonyl (C=O) groups excluding carboxylic acids is 2. The molecule has 1 saturated heterocycles. The zero-order valence-corrected chi connectivity index (χ0v) is 15.8. The second kappa shape index (κ2) is 7.19. The van der Waals surface area contributed by atoms with Crippen LogP contribution in [-0.4, -0.2) is 60.4 Å². The van der Waals surface area contributed by atoms with E-state index in [-0.39, 0.29) is 36.2 Å². The van der Waals surface area contributed by atoms with Crippen molar-refractivity contribution in [1.29, 1.82) is 0 Å². The highest BCUT2D eigenvalue weighted by atomic mass is 32.2. The molecule has 2 heterocycles. The van der Waals surface area contributed by atoms with Crippen molar-refractivity contribution in [2.45, 2.75) is 38.8 Å². The molecule has 0 N–H and O–H groups in total. The molecule has 7 nitrogen and oxygen atoms in total. The SMILES string of the molecule is Cc1ccc(CN(C)C(=O)C2=NN([C@H]3CCS(=O)(=O)C3)C(=O)CC2)cc1. The molecular formula is C18H23N3O4S. The molecule has 1 aromatic carbocycles. The van der Waals surface area contributed by atoms with Crippen molar-refractivity contribution in [3.05, 3.63) is 35.4 Å². The van der Waals surface area contributed by atoms with E-state index in [0.29, 0.717) is 18.7 Å². The van der Waals surface area contributed by atoms with Crippen LogP contribution in [0.15, 0.2) is 29.4 Å². The molecule has 0 aliphatic carbocycles. The Morgan fingerprint density at radius 3 is 2.58 bits per heavy atom. The number of nitrogens with zero attached hydrogens (tertiary/aromatic N) is 3. The molecule has 1 fully saturated rings. The average molecular weight is 377 g/mol. The van der Waals surface area contributed by atoms with Crippen molar-refractivity contribution in [1.82, 2.24) is 9.91 Å². The van der Waals surface area contributed by atoms with Crippen molar-refractivity contribution in [2.75, 3.05) is 18.6 Å². The first kappa shape index (κ1) is 18.6. The van der Waals surface area contributed by atoms with E-state index < -0.39 is 15.9 Å². The van der Waals surface area contributed by atoms with Crippen LogP contribution in [0.3, 0.4) is 0 Å². The van der Waals surface area contributed by atoms with Gasteiger partial charge in [0.1, 0.15) is 5.71 Å². The maximum atomic E-state index is 12.7. The third kappa shape index (κ3) is 4.12. The number of amides is 2. The van der Waals surface area contributed by atoms with Crippen molar-refractivity contribution < 1.29 is 18.0 Å². The number of sulfone groups is 1. The van der Waals surface area contributed by atoms with Crippen LogP contribution >= 0.6 is 0 Å². The lowest BCUT2D eigenvalue weighted by atomic mass is 10.1. The van der Waals surface area contributed by atoms with E-state index in [9.17, 15) is 18.0 Å². The van der Waals surface area contributed by atoms with Crippen LogP contribution in [0.4, 0.5) is 0 Å². The Kier molecular flexibility index (Phi) is 5.13. The van der Waals surface area contributed by atoms with E-state index >= 15 is 0 Å². The summed E-state index contributed by atoms with van der Waals surface area (Å²) >= 11 is 0. The van der Waals surface area contributed by atoms with Crippen LogP contribution in [0.25, 0.3) is 0 Å². The molecule has 1 aromatic rings. The molecule has 26 heavy (non-hydrogen) atoms. The molecule has 0 saturated carbocycles. The Labute approximate surface area is 153 Å². The summed E-state index contributed by atoms with van der Waals surface area (Å²) in [5, 5.41) is 5.46. The van der Waals surface area contributed by atoms with Gasteiger partial charge in [-0.05, 0) is 18.9 Å². The predicted molar refractivity (Wildman–Crippen MR) is 98.2 cm³/mol. The van der Waals surface area contributed by atoms with Gasteiger partial charge in [-0.2, -0.15) is 5.10 Å². The fraction of sp³-hybridized carbons (Fsp3) is 0.500. The topological polar surface area (TPSA) is 87.1 Å². The van der Waals surface area contributed by atoms with Gasteiger partial charge >= 0.3 is 0 Å². The number of carbonyl (C=O) groups is 2. The summed E-state index contributed by atoms with van der Waals surface area (Å²) in [5.74, 6) is -0.468. The van der Waals surface area contributed by atoms with Gasteiger partial charge in [-0.3, -0.25) is 9.59 Å². The third-order valence-electron chi connectivity index (χ3n) is 4.75. The predicted octanol–water partition coefficient (Wildman–Crippen LogP) is 1.12. The van der Waals surface area contributed by atoms with Crippen LogP contribution in [0.2, 0.25) is 0 Å². The van der Waals surface area contributed by atoms with Gasteiger partial charge in [-0.25, -0.2) is 13.4 Å². The van der Waals surface area contributed by atoms with Crippen molar-refractivity contribution in [3.8, 4) is 0 Å². The first-order valence-corrected chi connectivity index (χ1v) is 10.5.